The van der Waals surface area contributed by atoms with Gasteiger partial charge in [0.1, 0.15) is 0 Å². The van der Waals surface area contributed by atoms with Gasteiger partial charge < -0.3 is 8.98 Å². The van der Waals surface area contributed by atoms with E-state index in [-0.39, 0.29) is 5.41 Å². The topological polar surface area (TPSA) is 43.9 Å². The highest BCUT2D eigenvalue weighted by atomic mass is 32.1. The summed E-state index contributed by atoms with van der Waals surface area (Å²) in [6.45, 7) is 10.3. The van der Waals surface area contributed by atoms with Crippen molar-refractivity contribution in [3.8, 4) is 0 Å². The Balaban J connectivity index is 2.78. The lowest BCUT2D eigenvalue weighted by Crippen LogP contribution is -2.14. The first kappa shape index (κ1) is 12.2. The van der Waals surface area contributed by atoms with Crippen molar-refractivity contribution in [2.45, 2.75) is 46.1 Å². The average molecular weight is 251 g/mol. The second-order valence-electron chi connectivity index (χ2n) is 5.47. The van der Waals surface area contributed by atoms with Crippen LogP contribution in [0, 0.1) is 4.71 Å². The Bertz CT molecular complexity index is 604. The van der Waals surface area contributed by atoms with Gasteiger partial charge in [0.25, 0.3) is 0 Å². The van der Waals surface area contributed by atoms with Crippen LogP contribution < -0.4 is 0 Å². The summed E-state index contributed by atoms with van der Waals surface area (Å²) in [5, 5.41) is 0. The molecule has 0 aliphatic heterocycles. The molecular formula is C12H17N3OS. The highest BCUT2D eigenvalue weighted by Gasteiger charge is 2.21. The van der Waals surface area contributed by atoms with Crippen molar-refractivity contribution in [1.29, 1.82) is 0 Å². The monoisotopic (exact) mass is 251 g/mol. The Hall–Kier alpha value is -1.23. The number of imidazole rings is 1. The molecule has 2 rings (SSSR count). The Morgan fingerprint density at radius 2 is 2.00 bits per heavy atom. The molecule has 0 atom stereocenters. The van der Waals surface area contributed by atoms with Crippen molar-refractivity contribution in [3.05, 3.63) is 16.9 Å². The van der Waals surface area contributed by atoms with E-state index in [0.29, 0.717) is 22.2 Å². The van der Waals surface area contributed by atoms with E-state index in [0.717, 1.165) is 5.65 Å². The maximum atomic E-state index is 5.58. The number of nitrogens with zero attached hydrogens (tertiary/aromatic N) is 3. The zero-order valence-corrected chi connectivity index (χ0v) is 11.6. The van der Waals surface area contributed by atoms with Crippen LogP contribution in [0.4, 0.5) is 0 Å². The summed E-state index contributed by atoms with van der Waals surface area (Å²) in [6, 6.07) is 0.303. The van der Waals surface area contributed by atoms with Gasteiger partial charge in [-0.25, -0.2) is 4.98 Å². The van der Waals surface area contributed by atoms with E-state index in [9.17, 15) is 0 Å². The lowest BCUT2D eigenvalue weighted by Gasteiger charge is -2.16. The van der Waals surface area contributed by atoms with Gasteiger partial charge in [0.05, 0.1) is 6.33 Å². The zero-order valence-electron chi connectivity index (χ0n) is 10.8. The summed E-state index contributed by atoms with van der Waals surface area (Å²) >= 11 is 5.23. The first-order valence-corrected chi connectivity index (χ1v) is 6.09. The largest absolute Gasteiger partial charge is 0.428 e. The van der Waals surface area contributed by atoms with Crippen molar-refractivity contribution in [3.63, 3.8) is 0 Å². The number of hydrogen-bond donors (Lipinski definition) is 0. The summed E-state index contributed by atoms with van der Waals surface area (Å²) in [4.78, 5) is 8.82. The minimum atomic E-state index is -0.159. The van der Waals surface area contributed by atoms with Gasteiger partial charge in [-0.2, -0.15) is 4.98 Å². The molecule has 0 saturated carbocycles. The predicted molar refractivity (Wildman–Crippen MR) is 69.7 cm³/mol. The first-order chi connectivity index (χ1) is 7.80. The van der Waals surface area contributed by atoms with Gasteiger partial charge in [-0.05, 0) is 26.1 Å². The molecule has 2 aromatic rings. The smallest absolute Gasteiger partial charge is 0.222 e. The van der Waals surface area contributed by atoms with E-state index in [2.05, 4.69) is 44.6 Å². The van der Waals surface area contributed by atoms with Crippen molar-refractivity contribution in [2.75, 3.05) is 0 Å². The average Bonchev–Trinajstić information content (AvgIpc) is 2.60. The Morgan fingerprint density at radius 1 is 1.35 bits per heavy atom. The molecule has 0 fully saturated rings. The second-order valence-corrected chi connectivity index (χ2v) is 5.85. The standard InChI is InChI=1S/C12H17N3OS/c1-7(2)15-6-13-8-9(15)14-11(12(3,4)5)16-10(8)17/h6-7H,1-5H3. The molecule has 0 aromatic carbocycles. The molecule has 0 bridgehead atoms. The molecule has 2 heterocycles. The summed E-state index contributed by atoms with van der Waals surface area (Å²) < 4.78 is 8.00. The molecule has 17 heavy (non-hydrogen) atoms. The van der Waals surface area contributed by atoms with Gasteiger partial charge in [0.2, 0.25) is 10.6 Å². The molecule has 0 radical (unpaired) electrons. The molecule has 0 aliphatic carbocycles. The Morgan fingerprint density at radius 3 is 2.53 bits per heavy atom. The van der Waals surface area contributed by atoms with Crippen LogP contribution in [0.3, 0.4) is 0 Å². The lowest BCUT2D eigenvalue weighted by atomic mass is 9.97. The lowest BCUT2D eigenvalue weighted by molar-refractivity contribution is 0.368. The van der Waals surface area contributed by atoms with Crippen LogP contribution in [0.1, 0.15) is 46.6 Å². The molecule has 2 aromatic heterocycles. The highest BCUT2D eigenvalue weighted by Crippen LogP contribution is 2.24. The van der Waals surface area contributed by atoms with Gasteiger partial charge in [-0.1, -0.05) is 20.8 Å². The minimum Gasteiger partial charge on any atom is -0.428 e. The Kier molecular flexibility index (Phi) is 2.81. The van der Waals surface area contributed by atoms with Gasteiger partial charge in [-0.3, -0.25) is 0 Å². The van der Waals surface area contributed by atoms with Crippen LogP contribution >= 0.6 is 12.2 Å². The van der Waals surface area contributed by atoms with E-state index in [1.54, 1.807) is 6.33 Å². The van der Waals surface area contributed by atoms with E-state index in [1.165, 1.54) is 0 Å². The van der Waals surface area contributed by atoms with Crippen LogP contribution in [0.15, 0.2) is 10.7 Å². The molecule has 92 valence electrons. The third-order valence-corrected chi connectivity index (χ3v) is 2.83. The number of fused-ring (bicyclic) bond motifs is 1. The first-order valence-electron chi connectivity index (χ1n) is 5.69. The van der Waals surface area contributed by atoms with E-state index in [4.69, 9.17) is 16.6 Å². The third-order valence-electron chi connectivity index (χ3n) is 2.56. The number of rotatable bonds is 1. The quantitative estimate of drug-likeness (QED) is 0.726. The molecule has 4 nitrogen and oxygen atoms in total. The molecule has 5 heteroatoms. The molecule has 0 aliphatic rings. The van der Waals surface area contributed by atoms with Crippen LogP contribution in [0.2, 0.25) is 0 Å². The normalized spacial score (nSPS) is 12.6. The molecule has 0 N–H and O–H groups in total. The number of aromatic nitrogens is 3. The fourth-order valence-corrected chi connectivity index (χ4v) is 1.79. The molecule has 0 amide bonds. The summed E-state index contributed by atoms with van der Waals surface area (Å²) in [6.07, 6.45) is 1.76. The Labute approximate surface area is 106 Å². The summed E-state index contributed by atoms with van der Waals surface area (Å²) in [5.41, 5.74) is 1.32. The van der Waals surface area contributed by atoms with E-state index < -0.39 is 0 Å². The van der Waals surface area contributed by atoms with Crippen LogP contribution in [0.5, 0.6) is 0 Å². The summed E-state index contributed by atoms with van der Waals surface area (Å²) in [7, 11) is 0. The van der Waals surface area contributed by atoms with Gasteiger partial charge in [-0.15, -0.1) is 0 Å². The van der Waals surface area contributed by atoms with Crippen LogP contribution in [-0.2, 0) is 5.41 Å². The number of hydrogen-bond acceptors (Lipinski definition) is 4. The molecule has 0 spiro atoms. The third kappa shape index (κ3) is 2.11. The SMILES string of the molecule is CC(C)n1cnc2c(=S)oc(C(C)(C)C)nc21. The van der Waals surface area contributed by atoms with Gasteiger partial charge in [0, 0.05) is 11.5 Å². The van der Waals surface area contributed by atoms with Crippen molar-refractivity contribution in [1.82, 2.24) is 14.5 Å². The van der Waals surface area contributed by atoms with Gasteiger partial charge >= 0.3 is 0 Å². The van der Waals surface area contributed by atoms with Gasteiger partial charge in [0.15, 0.2) is 11.2 Å². The molecular weight excluding hydrogens is 234 g/mol. The molecule has 0 saturated heterocycles. The maximum Gasteiger partial charge on any atom is 0.222 e. The van der Waals surface area contributed by atoms with Crippen LogP contribution in [0.25, 0.3) is 11.2 Å². The molecule has 0 unspecified atom stereocenters. The fraction of sp³-hybridized carbons (Fsp3) is 0.583. The highest BCUT2D eigenvalue weighted by molar-refractivity contribution is 7.71. The minimum absolute atomic E-state index is 0.159. The van der Waals surface area contributed by atoms with Crippen molar-refractivity contribution < 1.29 is 4.42 Å². The zero-order chi connectivity index (χ0) is 12.8. The fourth-order valence-electron chi connectivity index (χ4n) is 1.56. The predicted octanol–water partition coefficient (Wildman–Crippen LogP) is 3.63. The van der Waals surface area contributed by atoms with Crippen LogP contribution in [-0.4, -0.2) is 14.5 Å². The van der Waals surface area contributed by atoms with Crippen molar-refractivity contribution >= 4 is 23.4 Å². The second kappa shape index (κ2) is 3.91. The maximum absolute atomic E-state index is 5.58. The van der Waals surface area contributed by atoms with E-state index >= 15 is 0 Å². The van der Waals surface area contributed by atoms with E-state index in [1.807, 2.05) is 4.57 Å². The summed E-state index contributed by atoms with van der Waals surface area (Å²) in [5.74, 6) is 0.650. The van der Waals surface area contributed by atoms with Crippen molar-refractivity contribution in [2.24, 2.45) is 0 Å².